The minimum Gasteiger partial charge on any atom is -0.370 e. The molecule has 3 rings (SSSR count). The Bertz CT molecular complexity index is 1110. The number of halogens is 1. The molecule has 0 radical (unpaired) electrons. The molecule has 8 nitrogen and oxygen atoms in total. The molecule has 1 aliphatic carbocycles. The number of anilines is 2. The van der Waals surface area contributed by atoms with Crippen LogP contribution in [-0.4, -0.2) is 56.9 Å². The number of carbonyl (C=O) groups is 1. The van der Waals surface area contributed by atoms with Gasteiger partial charge < -0.3 is 16.4 Å². The molecule has 1 aromatic carbocycles. The van der Waals surface area contributed by atoms with Crippen LogP contribution in [0.4, 0.5) is 16.0 Å². The molecule has 0 saturated heterocycles. The van der Waals surface area contributed by atoms with E-state index in [1.807, 2.05) is 30.3 Å². The number of nitrogens with zero attached hydrogens (tertiary/aromatic N) is 2. The SMILES string of the molecule is CC(C)S(=O)(=O)N(C)c1cc(C(=O)N[C@@H](Cc2ccccc2)[C@H](N)CF)cc(NC[C@H]2C[C@@H]2C)n1. The highest BCUT2D eigenvalue weighted by Gasteiger charge is 2.32. The number of hydrogen-bond acceptors (Lipinski definition) is 6. The van der Waals surface area contributed by atoms with Crippen LogP contribution in [0.15, 0.2) is 42.5 Å². The third-order valence-corrected chi connectivity index (χ3v) is 8.65. The number of rotatable bonds is 12. The Morgan fingerprint density at radius 3 is 2.49 bits per heavy atom. The third kappa shape index (κ3) is 6.91. The summed E-state index contributed by atoms with van der Waals surface area (Å²) in [4.78, 5) is 17.7. The van der Waals surface area contributed by atoms with Gasteiger partial charge in [0.15, 0.2) is 0 Å². The van der Waals surface area contributed by atoms with Gasteiger partial charge in [0.25, 0.3) is 5.91 Å². The first-order valence-electron chi connectivity index (χ1n) is 11.9. The van der Waals surface area contributed by atoms with Gasteiger partial charge in [-0.2, -0.15) is 0 Å². The van der Waals surface area contributed by atoms with Crippen LogP contribution in [0.25, 0.3) is 0 Å². The number of amides is 1. The van der Waals surface area contributed by atoms with E-state index in [-0.39, 0.29) is 11.4 Å². The fraction of sp³-hybridized carbons (Fsp3) is 0.520. The fourth-order valence-electron chi connectivity index (χ4n) is 3.80. The molecule has 2 aromatic rings. The first kappa shape index (κ1) is 26.9. The summed E-state index contributed by atoms with van der Waals surface area (Å²) in [5.74, 6) is 1.21. The monoisotopic (exact) mass is 505 g/mol. The van der Waals surface area contributed by atoms with Crippen molar-refractivity contribution in [1.29, 1.82) is 0 Å². The zero-order chi connectivity index (χ0) is 25.8. The number of pyridine rings is 1. The van der Waals surface area contributed by atoms with Crippen LogP contribution in [-0.2, 0) is 16.4 Å². The summed E-state index contributed by atoms with van der Waals surface area (Å²) < 4.78 is 40.1. The van der Waals surface area contributed by atoms with Gasteiger partial charge in [-0.1, -0.05) is 37.3 Å². The van der Waals surface area contributed by atoms with Crippen LogP contribution < -0.4 is 20.7 Å². The Hall–Kier alpha value is -2.72. The highest BCUT2D eigenvalue weighted by Crippen LogP contribution is 2.37. The maximum absolute atomic E-state index is 13.5. The highest BCUT2D eigenvalue weighted by atomic mass is 32.2. The molecule has 192 valence electrons. The van der Waals surface area contributed by atoms with Crippen molar-refractivity contribution < 1.29 is 17.6 Å². The van der Waals surface area contributed by atoms with Gasteiger partial charge in [0.05, 0.1) is 17.3 Å². The Balaban J connectivity index is 1.88. The summed E-state index contributed by atoms with van der Waals surface area (Å²) in [6, 6.07) is 10.9. The maximum Gasteiger partial charge on any atom is 0.251 e. The number of carbonyl (C=O) groups excluding carboxylic acids is 1. The first-order valence-corrected chi connectivity index (χ1v) is 13.4. The standard InChI is InChI=1S/C25H36FN5O3S/c1-16(2)35(33,34)31(4)24-13-19(12-23(30-24)28-15-20-10-17(20)3)25(32)29-22(21(27)14-26)11-18-8-6-5-7-9-18/h5-9,12-13,16-17,20-22H,10-11,14-15,27H2,1-4H3,(H,28,30)(H,29,32)/t17-,20+,21+,22-/m0/s1. The number of nitrogens with two attached hydrogens (primary N) is 1. The van der Waals surface area contributed by atoms with E-state index in [0.717, 1.165) is 16.3 Å². The van der Waals surface area contributed by atoms with Crippen LogP contribution in [0.1, 0.15) is 43.1 Å². The van der Waals surface area contributed by atoms with Crippen molar-refractivity contribution in [3.8, 4) is 0 Å². The minimum absolute atomic E-state index is 0.132. The van der Waals surface area contributed by atoms with Gasteiger partial charge in [0.1, 0.15) is 18.3 Å². The van der Waals surface area contributed by atoms with Gasteiger partial charge in [0, 0.05) is 19.2 Å². The van der Waals surface area contributed by atoms with Crippen molar-refractivity contribution in [2.45, 2.75) is 50.9 Å². The molecule has 1 saturated carbocycles. The van der Waals surface area contributed by atoms with E-state index in [9.17, 15) is 17.6 Å². The second kappa shape index (κ2) is 11.3. The van der Waals surface area contributed by atoms with Crippen LogP contribution in [0.2, 0.25) is 0 Å². The predicted octanol–water partition coefficient (Wildman–Crippen LogP) is 2.96. The molecule has 35 heavy (non-hydrogen) atoms. The number of aromatic nitrogens is 1. The summed E-state index contributed by atoms with van der Waals surface area (Å²) in [5.41, 5.74) is 7.12. The van der Waals surface area contributed by atoms with E-state index < -0.39 is 39.9 Å². The van der Waals surface area contributed by atoms with Crippen LogP contribution in [0.5, 0.6) is 0 Å². The molecular weight excluding hydrogens is 469 g/mol. The molecule has 0 aliphatic heterocycles. The summed E-state index contributed by atoms with van der Waals surface area (Å²) in [7, 11) is -2.24. The zero-order valence-electron chi connectivity index (χ0n) is 20.7. The lowest BCUT2D eigenvalue weighted by Crippen LogP contribution is -2.50. The van der Waals surface area contributed by atoms with Crippen molar-refractivity contribution in [2.75, 3.05) is 29.9 Å². The van der Waals surface area contributed by atoms with E-state index in [1.165, 1.54) is 13.1 Å². The minimum atomic E-state index is -3.66. The maximum atomic E-state index is 13.5. The van der Waals surface area contributed by atoms with Crippen molar-refractivity contribution in [3.05, 3.63) is 53.6 Å². The molecule has 10 heteroatoms. The average molecular weight is 506 g/mol. The van der Waals surface area contributed by atoms with E-state index >= 15 is 0 Å². The number of nitrogens with one attached hydrogen (secondary N) is 2. The largest absolute Gasteiger partial charge is 0.370 e. The topological polar surface area (TPSA) is 117 Å². The molecule has 1 heterocycles. The lowest BCUT2D eigenvalue weighted by Gasteiger charge is -2.25. The average Bonchev–Trinajstić information content (AvgIpc) is 3.56. The van der Waals surface area contributed by atoms with Crippen molar-refractivity contribution in [1.82, 2.24) is 10.3 Å². The summed E-state index contributed by atoms with van der Waals surface area (Å²) in [6.07, 6.45) is 1.48. The number of benzene rings is 1. The smallest absolute Gasteiger partial charge is 0.251 e. The third-order valence-electron chi connectivity index (χ3n) is 6.51. The van der Waals surface area contributed by atoms with Gasteiger partial charge in [-0.15, -0.1) is 0 Å². The molecule has 1 fully saturated rings. The Morgan fingerprint density at radius 2 is 1.91 bits per heavy atom. The Kier molecular flexibility index (Phi) is 8.71. The van der Waals surface area contributed by atoms with E-state index in [1.54, 1.807) is 19.9 Å². The van der Waals surface area contributed by atoms with Crippen LogP contribution >= 0.6 is 0 Å². The van der Waals surface area contributed by atoms with Gasteiger partial charge in [-0.25, -0.2) is 17.8 Å². The molecule has 4 N–H and O–H groups in total. The second-order valence-electron chi connectivity index (χ2n) is 9.60. The molecule has 1 aromatic heterocycles. The normalized spacial score (nSPS) is 19.2. The predicted molar refractivity (Wildman–Crippen MR) is 138 cm³/mol. The molecule has 0 bridgehead atoms. The Labute approximate surface area is 207 Å². The van der Waals surface area contributed by atoms with E-state index in [0.29, 0.717) is 30.6 Å². The van der Waals surface area contributed by atoms with E-state index in [2.05, 4.69) is 22.5 Å². The first-order chi connectivity index (χ1) is 16.5. The van der Waals surface area contributed by atoms with Crippen molar-refractivity contribution >= 4 is 27.6 Å². The fourth-order valence-corrected chi connectivity index (χ4v) is 4.79. The lowest BCUT2D eigenvalue weighted by atomic mass is 10.00. The van der Waals surface area contributed by atoms with Gasteiger partial charge in [-0.3, -0.25) is 9.10 Å². The quantitative estimate of drug-likeness (QED) is 0.408. The van der Waals surface area contributed by atoms with Crippen molar-refractivity contribution in [3.63, 3.8) is 0 Å². The molecule has 0 spiro atoms. The Morgan fingerprint density at radius 1 is 1.26 bits per heavy atom. The summed E-state index contributed by atoms with van der Waals surface area (Å²) in [5, 5.41) is 5.42. The van der Waals surface area contributed by atoms with Crippen LogP contribution in [0, 0.1) is 11.8 Å². The summed E-state index contributed by atoms with van der Waals surface area (Å²) >= 11 is 0. The molecule has 0 unspecified atom stereocenters. The zero-order valence-corrected chi connectivity index (χ0v) is 21.6. The van der Waals surface area contributed by atoms with Gasteiger partial charge in [-0.05, 0) is 56.2 Å². The van der Waals surface area contributed by atoms with Crippen LogP contribution in [0.3, 0.4) is 0 Å². The van der Waals surface area contributed by atoms with Crippen molar-refractivity contribution in [2.24, 2.45) is 17.6 Å². The van der Waals surface area contributed by atoms with Gasteiger partial charge >= 0.3 is 0 Å². The summed E-state index contributed by atoms with van der Waals surface area (Å²) in [6.45, 7) is 5.23. The molecule has 1 amide bonds. The molecule has 1 aliphatic rings. The number of sulfonamides is 1. The van der Waals surface area contributed by atoms with Gasteiger partial charge in [0.2, 0.25) is 10.0 Å². The number of alkyl halides is 1. The van der Waals surface area contributed by atoms with E-state index in [4.69, 9.17) is 5.73 Å². The highest BCUT2D eigenvalue weighted by molar-refractivity contribution is 7.93. The molecule has 4 atom stereocenters. The lowest BCUT2D eigenvalue weighted by molar-refractivity contribution is 0.0928. The number of hydrogen-bond donors (Lipinski definition) is 3. The molecular formula is C25H36FN5O3S. The second-order valence-corrected chi connectivity index (χ2v) is 12.1.